The average Bonchev–Trinajstić information content (AvgIpc) is 3.35. The molecule has 2 aliphatic rings. The third kappa shape index (κ3) is 6.97. The number of likely N-dealkylation sites (tertiary alicyclic amines) is 1. The highest BCUT2D eigenvalue weighted by Crippen LogP contribution is 2.44. The van der Waals surface area contributed by atoms with E-state index in [1.165, 1.54) is 31.3 Å². The summed E-state index contributed by atoms with van der Waals surface area (Å²) in [5.74, 6) is -0.515. The number of nitrogens with one attached hydrogen (secondary N) is 2. The Bertz CT molecular complexity index is 1300. The summed E-state index contributed by atoms with van der Waals surface area (Å²) in [6, 6.07) is 6.32. The second-order valence-corrected chi connectivity index (χ2v) is 11.8. The molecule has 9 nitrogen and oxygen atoms in total. The van der Waals surface area contributed by atoms with Gasteiger partial charge in [-0.2, -0.15) is 18.3 Å². The first-order chi connectivity index (χ1) is 19.8. The van der Waals surface area contributed by atoms with Gasteiger partial charge in [-0.3, -0.25) is 19.6 Å². The number of piperidine rings is 1. The Kier molecular flexibility index (Phi) is 9.67. The van der Waals surface area contributed by atoms with E-state index in [-0.39, 0.29) is 41.7 Å². The molecule has 3 heterocycles. The van der Waals surface area contributed by atoms with Crippen LogP contribution < -0.4 is 10.1 Å². The van der Waals surface area contributed by atoms with Gasteiger partial charge in [0.25, 0.3) is 11.8 Å². The summed E-state index contributed by atoms with van der Waals surface area (Å²) >= 11 is 0. The Labute approximate surface area is 244 Å². The van der Waals surface area contributed by atoms with Crippen molar-refractivity contribution in [3.8, 4) is 5.75 Å². The summed E-state index contributed by atoms with van der Waals surface area (Å²) in [5, 5.41) is 8.84. The molecular formula is C30H40F3N5O4. The van der Waals surface area contributed by atoms with Crippen molar-refractivity contribution >= 4 is 17.4 Å². The third-order valence-electron chi connectivity index (χ3n) is 7.53. The van der Waals surface area contributed by atoms with E-state index in [1.807, 2.05) is 0 Å². The molecule has 0 bridgehead atoms. The maximum atomic E-state index is 14.1. The number of aromatic amines is 1. The number of amides is 2. The van der Waals surface area contributed by atoms with E-state index in [0.717, 1.165) is 19.6 Å². The third-order valence-corrected chi connectivity index (χ3v) is 7.53. The minimum atomic E-state index is -4.75. The van der Waals surface area contributed by atoms with Gasteiger partial charge in [-0.1, -0.05) is 20.3 Å². The van der Waals surface area contributed by atoms with E-state index in [4.69, 9.17) is 9.47 Å². The van der Waals surface area contributed by atoms with Crippen molar-refractivity contribution in [2.75, 3.05) is 46.5 Å². The molecule has 12 heteroatoms. The Morgan fingerprint density at radius 2 is 1.79 bits per heavy atom. The molecule has 4 rings (SSSR count). The lowest BCUT2D eigenvalue weighted by Crippen LogP contribution is -2.41. The predicted octanol–water partition coefficient (Wildman–Crippen LogP) is 4.61. The molecular weight excluding hydrogens is 551 g/mol. The van der Waals surface area contributed by atoms with E-state index in [9.17, 15) is 22.8 Å². The molecule has 42 heavy (non-hydrogen) atoms. The summed E-state index contributed by atoms with van der Waals surface area (Å²) in [4.78, 5) is 31.2. The number of alkyl halides is 3. The monoisotopic (exact) mass is 591 g/mol. The lowest BCUT2D eigenvalue weighted by Gasteiger charge is -2.33. The van der Waals surface area contributed by atoms with Crippen molar-refractivity contribution in [3.63, 3.8) is 0 Å². The summed E-state index contributed by atoms with van der Waals surface area (Å²) in [7, 11) is 1.40. The Morgan fingerprint density at radius 1 is 1.12 bits per heavy atom. The topological polar surface area (TPSA) is 99.8 Å². The molecule has 2 amide bonds. The van der Waals surface area contributed by atoms with E-state index in [1.54, 1.807) is 52.0 Å². The average molecular weight is 592 g/mol. The molecule has 2 N–H and O–H groups in total. The van der Waals surface area contributed by atoms with E-state index >= 15 is 0 Å². The van der Waals surface area contributed by atoms with Crippen LogP contribution in [0.25, 0.3) is 5.57 Å². The van der Waals surface area contributed by atoms with Crippen LogP contribution in [0.4, 0.5) is 13.2 Å². The number of rotatable bonds is 9. The number of fused-ring (bicyclic) bond motifs is 1. The predicted molar refractivity (Wildman–Crippen MR) is 152 cm³/mol. The van der Waals surface area contributed by atoms with Crippen LogP contribution in [0, 0.1) is 0 Å². The number of hydrogen-bond acceptors (Lipinski definition) is 6. The molecule has 0 unspecified atom stereocenters. The van der Waals surface area contributed by atoms with Crippen molar-refractivity contribution in [2.24, 2.45) is 0 Å². The Balaban J connectivity index is 1.69. The van der Waals surface area contributed by atoms with Crippen molar-refractivity contribution in [3.05, 3.63) is 52.5 Å². The van der Waals surface area contributed by atoms with E-state index < -0.39 is 29.1 Å². The maximum Gasteiger partial charge on any atom is 0.433 e. The van der Waals surface area contributed by atoms with Crippen LogP contribution >= 0.6 is 0 Å². The van der Waals surface area contributed by atoms with Gasteiger partial charge in [0, 0.05) is 42.8 Å². The summed E-state index contributed by atoms with van der Waals surface area (Å²) in [5.41, 5.74) is -2.31. The van der Waals surface area contributed by atoms with Crippen molar-refractivity contribution in [2.45, 2.75) is 64.6 Å². The fourth-order valence-corrected chi connectivity index (χ4v) is 5.61. The second-order valence-electron chi connectivity index (χ2n) is 11.8. The molecule has 0 saturated carbocycles. The largest absolute Gasteiger partial charge is 0.492 e. The van der Waals surface area contributed by atoms with Crippen LogP contribution in [0.5, 0.6) is 5.75 Å². The fraction of sp³-hybridized carbons (Fsp3) is 0.567. The summed E-state index contributed by atoms with van der Waals surface area (Å²) in [6.45, 7) is 9.82. The number of methoxy groups -OCH3 is 1. The van der Waals surface area contributed by atoms with Gasteiger partial charge in [-0.25, -0.2) is 0 Å². The molecule has 0 spiro atoms. The molecule has 1 aromatic heterocycles. The normalized spacial score (nSPS) is 17.7. The molecule has 1 aromatic carbocycles. The van der Waals surface area contributed by atoms with Crippen LogP contribution in [0.15, 0.2) is 30.0 Å². The number of benzene rings is 1. The molecule has 2 aliphatic heterocycles. The number of nitrogens with zero attached hydrogens (tertiary/aromatic N) is 3. The summed E-state index contributed by atoms with van der Waals surface area (Å²) in [6.07, 6.45) is -1.09. The first kappa shape index (κ1) is 31.6. The number of aromatic nitrogens is 2. The van der Waals surface area contributed by atoms with Gasteiger partial charge in [-0.05, 0) is 64.0 Å². The minimum absolute atomic E-state index is 0.134. The molecule has 0 radical (unpaired) electrons. The van der Waals surface area contributed by atoms with Crippen molar-refractivity contribution < 1.29 is 32.2 Å². The van der Waals surface area contributed by atoms with Crippen LogP contribution in [-0.2, 0) is 21.1 Å². The van der Waals surface area contributed by atoms with Gasteiger partial charge < -0.3 is 19.7 Å². The standard InChI is InChI=1S/C30H40F3N5O4/c1-19(2)34-27(39)23-22(17-41-5)38(18-29(3,4)24-25(23)35-36-26(24)30(31,32)33)28(40)20-9-11-21(12-10-20)42-16-15-37-13-7-6-8-14-37/h9-12,19H,6-8,13-18H2,1-5H3,(H,34,39)(H,35,36). The second kappa shape index (κ2) is 12.9. The first-order valence-electron chi connectivity index (χ1n) is 14.3. The molecule has 1 fully saturated rings. The maximum absolute atomic E-state index is 14.1. The minimum Gasteiger partial charge on any atom is -0.492 e. The van der Waals surface area contributed by atoms with E-state index in [0.29, 0.717) is 17.9 Å². The van der Waals surface area contributed by atoms with Gasteiger partial charge in [0.1, 0.15) is 23.7 Å². The molecule has 1 saturated heterocycles. The SMILES string of the molecule is COCC1=C(C(=O)NC(C)C)c2n[nH]c(C(F)(F)F)c2C(C)(C)CN1C(=O)c1ccc(OCCN2CCCCC2)cc1. The number of hydrogen-bond donors (Lipinski definition) is 2. The number of H-pyrrole nitrogens is 1. The number of carbonyl (C=O) groups is 2. The highest BCUT2D eigenvalue weighted by Gasteiger charge is 2.47. The van der Waals surface area contributed by atoms with Crippen LogP contribution in [-0.4, -0.2) is 84.4 Å². The van der Waals surface area contributed by atoms with Gasteiger partial charge in [-0.15, -0.1) is 0 Å². The van der Waals surface area contributed by atoms with Gasteiger partial charge in [0.2, 0.25) is 0 Å². The molecule has 0 aliphatic carbocycles. The van der Waals surface area contributed by atoms with Crippen LogP contribution in [0.1, 0.15) is 74.3 Å². The van der Waals surface area contributed by atoms with Crippen molar-refractivity contribution in [1.82, 2.24) is 25.3 Å². The Morgan fingerprint density at radius 3 is 2.38 bits per heavy atom. The van der Waals surface area contributed by atoms with Gasteiger partial charge in [0.15, 0.2) is 0 Å². The van der Waals surface area contributed by atoms with Crippen molar-refractivity contribution in [1.29, 1.82) is 0 Å². The first-order valence-corrected chi connectivity index (χ1v) is 14.3. The van der Waals surface area contributed by atoms with Crippen LogP contribution in [0.2, 0.25) is 0 Å². The lowest BCUT2D eigenvalue weighted by molar-refractivity contribution is -0.142. The zero-order valence-electron chi connectivity index (χ0n) is 24.9. The molecule has 0 atom stereocenters. The van der Waals surface area contributed by atoms with E-state index in [2.05, 4.69) is 20.4 Å². The zero-order chi connectivity index (χ0) is 30.7. The van der Waals surface area contributed by atoms with Gasteiger partial charge in [0.05, 0.1) is 17.9 Å². The molecule has 2 aromatic rings. The smallest absolute Gasteiger partial charge is 0.433 e. The van der Waals surface area contributed by atoms with Crippen LogP contribution in [0.3, 0.4) is 0 Å². The quantitative estimate of drug-likeness (QED) is 0.442. The molecule has 230 valence electrons. The lowest BCUT2D eigenvalue weighted by atomic mass is 9.81. The summed E-state index contributed by atoms with van der Waals surface area (Å²) < 4.78 is 53.6. The number of ether oxygens (including phenoxy) is 2. The Hall–Kier alpha value is -3.38. The number of carbonyl (C=O) groups excluding carboxylic acids is 2. The highest BCUT2D eigenvalue weighted by atomic mass is 19.4. The highest BCUT2D eigenvalue weighted by molar-refractivity contribution is 6.21. The zero-order valence-corrected chi connectivity index (χ0v) is 24.9. The van der Waals surface area contributed by atoms with Gasteiger partial charge >= 0.3 is 6.18 Å². The number of halogens is 3. The fourth-order valence-electron chi connectivity index (χ4n) is 5.61.